The van der Waals surface area contributed by atoms with Crippen LogP contribution in [0.3, 0.4) is 0 Å². The molecule has 0 saturated carbocycles. The molecule has 1 aromatic heterocycles. The highest BCUT2D eigenvalue weighted by molar-refractivity contribution is 4.89. The van der Waals surface area contributed by atoms with Gasteiger partial charge in [-0.3, -0.25) is 0 Å². The molecule has 1 aliphatic heterocycles. The van der Waals surface area contributed by atoms with Gasteiger partial charge in [0.1, 0.15) is 13.2 Å². The predicted molar refractivity (Wildman–Crippen MR) is 30.6 cm³/mol. The van der Waals surface area contributed by atoms with Gasteiger partial charge in [0.2, 0.25) is 5.69 Å². The SMILES string of the molecule is c1cc2[n+]([nH]1)CCOC2. The van der Waals surface area contributed by atoms with Gasteiger partial charge in [-0.2, -0.15) is 5.10 Å². The van der Waals surface area contributed by atoms with Crippen LogP contribution >= 0.6 is 0 Å². The Kier molecular flexibility index (Phi) is 1.02. The first-order valence-corrected chi connectivity index (χ1v) is 3.11. The smallest absolute Gasteiger partial charge is 0.233 e. The lowest BCUT2D eigenvalue weighted by atomic mass is 10.4. The zero-order chi connectivity index (χ0) is 6.10. The number of H-pyrrole nitrogens is 1. The highest BCUT2D eigenvalue weighted by Gasteiger charge is 2.16. The van der Waals surface area contributed by atoms with Crippen LogP contribution in [0, 0.1) is 0 Å². The molecule has 3 heteroatoms. The molecule has 0 fully saturated rings. The fourth-order valence-corrected chi connectivity index (χ4v) is 1.06. The van der Waals surface area contributed by atoms with Crippen LogP contribution in [0.25, 0.3) is 0 Å². The second-order valence-electron chi connectivity index (χ2n) is 2.16. The van der Waals surface area contributed by atoms with E-state index in [1.807, 2.05) is 12.3 Å². The molecule has 0 atom stereocenters. The molecule has 0 amide bonds. The highest BCUT2D eigenvalue weighted by atomic mass is 16.5. The highest BCUT2D eigenvalue weighted by Crippen LogP contribution is 1.97. The van der Waals surface area contributed by atoms with Crippen LogP contribution in [-0.4, -0.2) is 11.7 Å². The molecule has 3 nitrogen and oxygen atoms in total. The van der Waals surface area contributed by atoms with Crippen molar-refractivity contribution < 1.29 is 9.42 Å². The molecule has 48 valence electrons. The number of hydrogen-bond donors (Lipinski definition) is 1. The summed E-state index contributed by atoms with van der Waals surface area (Å²) in [6.07, 6.45) is 1.93. The summed E-state index contributed by atoms with van der Waals surface area (Å²) >= 11 is 0. The molecule has 9 heavy (non-hydrogen) atoms. The van der Waals surface area contributed by atoms with Crippen molar-refractivity contribution in [1.82, 2.24) is 5.10 Å². The molecule has 0 aliphatic carbocycles. The van der Waals surface area contributed by atoms with Crippen LogP contribution in [-0.2, 0) is 17.9 Å². The van der Waals surface area contributed by atoms with Gasteiger partial charge in [0.05, 0.1) is 6.20 Å². The molecule has 1 N–H and O–H groups in total. The Morgan fingerprint density at radius 2 is 2.67 bits per heavy atom. The van der Waals surface area contributed by atoms with E-state index in [4.69, 9.17) is 4.74 Å². The van der Waals surface area contributed by atoms with Crippen molar-refractivity contribution in [2.75, 3.05) is 6.61 Å². The van der Waals surface area contributed by atoms with E-state index < -0.39 is 0 Å². The number of nitrogens with one attached hydrogen (secondary N) is 1. The van der Waals surface area contributed by atoms with E-state index in [9.17, 15) is 0 Å². The van der Waals surface area contributed by atoms with Crippen molar-refractivity contribution in [3.63, 3.8) is 0 Å². The summed E-state index contributed by atoms with van der Waals surface area (Å²) in [7, 11) is 0. The molecule has 0 saturated heterocycles. The number of hydrogen-bond acceptors (Lipinski definition) is 1. The van der Waals surface area contributed by atoms with Gasteiger partial charge in [-0.05, 0) is 0 Å². The number of aromatic amines is 1. The van der Waals surface area contributed by atoms with Gasteiger partial charge in [-0.1, -0.05) is 0 Å². The van der Waals surface area contributed by atoms with Crippen LogP contribution < -0.4 is 4.68 Å². The normalized spacial score (nSPS) is 17.3. The number of fused-ring (bicyclic) bond motifs is 1. The quantitative estimate of drug-likeness (QED) is 0.479. The molecule has 0 aromatic carbocycles. The van der Waals surface area contributed by atoms with Crippen LogP contribution in [0.5, 0.6) is 0 Å². The average molecular weight is 125 g/mol. The van der Waals surface area contributed by atoms with Gasteiger partial charge in [0.25, 0.3) is 0 Å². The van der Waals surface area contributed by atoms with E-state index in [0.717, 1.165) is 19.8 Å². The standard InChI is InChI=1S/C6H8N2O/c1-2-7-8-3-4-9-5-6(1)8/h1-2H,3-5H2/p+1. The summed E-state index contributed by atoms with van der Waals surface area (Å²) in [5, 5.41) is 3.09. The third-order valence-corrected chi connectivity index (χ3v) is 1.56. The third-order valence-electron chi connectivity index (χ3n) is 1.56. The molecular formula is C6H9N2O+. The molecule has 0 unspecified atom stereocenters. The number of aromatic nitrogens is 2. The number of rotatable bonds is 0. The monoisotopic (exact) mass is 125 g/mol. The van der Waals surface area contributed by atoms with Gasteiger partial charge >= 0.3 is 0 Å². The van der Waals surface area contributed by atoms with E-state index in [1.54, 1.807) is 0 Å². The molecule has 1 aromatic rings. The lowest BCUT2D eigenvalue weighted by molar-refractivity contribution is -0.767. The Morgan fingerprint density at radius 3 is 3.56 bits per heavy atom. The fraction of sp³-hybridized carbons (Fsp3) is 0.500. The summed E-state index contributed by atoms with van der Waals surface area (Å²) in [5.74, 6) is 0. The zero-order valence-corrected chi connectivity index (χ0v) is 5.13. The van der Waals surface area contributed by atoms with E-state index in [0.29, 0.717) is 0 Å². The van der Waals surface area contributed by atoms with Crippen molar-refractivity contribution in [1.29, 1.82) is 0 Å². The molecule has 2 heterocycles. The van der Waals surface area contributed by atoms with Gasteiger partial charge < -0.3 is 4.74 Å². The van der Waals surface area contributed by atoms with E-state index in [-0.39, 0.29) is 0 Å². The first kappa shape index (κ1) is 4.99. The largest absolute Gasteiger partial charge is 0.364 e. The molecular weight excluding hydrogens is 116 g/mol. The lowest BCUT2D eigenvalue weighted by Crippen LogP contribution is -2.44. The molecule has 1 aliphatic rings. The van der Waals surface area contributed by atoms with E-state index >= 15 is 0 Å². The minimum atomic E-state index is 0.753. The van der Waals surface area contributed by atoms with Crippen LogP contribution in [0.15, 0.2) is 12.3 Å². The van der Waals surface area contributed by atoms with Crippen molar-refractivity contribution in [2.45, 2.75) is 13.2 Å². The third kappa shape index (κ3) is 0.733. The maximum absolute atomic E-state index is 5.21. The Hall–Kier alpha value is -0.830. The molecule has 0 radical (unpaired) electrons. The minimum absolute atomic E-state index is 0.753. The maximum Gasteiger partial charge on any atom is 0.233 e. The Labute approximate surface area is 53.2 Å². The number of nitrogens with zero attached hydrogens (tertiary/aromatic N) is 1. The van der Waals surface area contributed by atoms with Gasteiger partial charge in [0.15, 0.2) is 6.54 Å². The second-order valence-corrected chi connectivity index (χ2v) is 2.16. The summed E-state index contributed by atoms with van der Waals surface area (Å²) in [4.78, 5) is 0. The topological polar surface area (TPSA) is 28.9 Å². The van der Waals surface area contributed by atoms with E-state index in [1.165, 1.54) is 5.69 Å². The minimum Gasteiger partial charge on any atom is -0.364 e. The molecule has 2 rings (SSSR count). The van der Waals surface area contributed by atoms with Gasteiger partial charge in [-0.25, -0.2) is 0 Å². The number of ether oxygens (including phenoxy) is 1. The van der Waals surface area contributed by atoms with Crippen molar-refractivity contribution in [2.24, 2.45) is 0 Å². The molecule has 0 spiro atoms. The predicted octanol–water partition coefficient (Wildman–Crippen LogP) is -0.168. The van der Waals surface area contributed by atoms with Crippen molar-refractivity contribution in [3.05, 3.63) is 18.0 Å². The van der Waals surface area contributed by atoms with Crippen LogP contribution in [0.4, 0.5) is 0 Å². The molecule has 0 bridgehead atoms. The van der Waals surface area contributed by atoms with Crippen molar-refractivity contribution in [3.8, 4) is 0 Å². The Bertz CT molecular complexity index is 186. The second kappa shape index (κ2) is 1.84. The van der Waals surface area contributed by atoms with Crippen LogP contribution in [0.1, 0.15) is 5.69 Å². The van der Waals surface area contributed by atoms with E-state index in [2.05, 4.69) is 9.78 Å². The summed E-state index contributed by atoms with van der Waals surface area (Å²) in [6, 6.07) is 2.04. The zero-order valence-electron chi connectivity index (χ0n) is 5.13. The Morgan fingerprint density at radius 1 is 1.67 bits per heavy atom. The summed E-state index contributed by atoms with van der Waals surface area (Å²) in [6.45, 7) is 2.55. The fourth-order valence-electron chi connectivity index (χ4n) is 1.06. The van der Waals surface area contributed by atoms with Crippen LogP contribution in [0.2, 0.25) is 0 Å². The first-order valence-electron chi connectivity index (χ1n) is 3.11. The van der Waals surface area contributed by atoms with Gasteiger partial charge in [0, 0.05) is 6.07 Å². The summed E-state index contributed by atoms with van der Waals surface area (Å²) < 4.78 is 7.31. The summed E-state index contributed by atoms with van der Waals surface area (Å²) in [5.41, 5.74) is 1.24. The average Bonchev–Trinajstić information content (AvgIpc) is 2.33. The lowest BCUT2D eigenvalue weighted by Gasteiger charge is -2.04. The first-order chi connectivity index (χ1) is 4.47. The van der Waals surface area contributed by atoms with Gasteiger partial charge in [-0.15, -0.1) is 4.68 Å². The van der Waals surface area contributed by atoms with Crippen molar-refractivity contribution >= 4 is 0 Å². The maximum atomic E-state index is 5.21. The Balaban J connectivity index is 2.39.